The minimum atomic E-state index is -3.75. The van der Waals surface area contributed by atoms with E-state index in [-0.39, 0.29) is 6.54 Å². The van der Waals surface area contributed by atoms with E-state index < -0.39 is 30.3 Å². The Morgan fingerprint density at radius 3 is 2.58 bits per heavy atom. The molecule has 2 aliphatic rings. The van der Waals surface area contributed by atoms with E-state index in [9.17, 15) is 13.2 Å². The molecule has 1 amide bonds. The van der Waals surface area contributed by atoms with Gasteiger partial charge in [-0.05, 0) is 114 Å². The van der Waals surface area contributed by atoms with Gasteiger partial charge in [0.25, 0.3) is 0 Å². The van der Waals surface area contributed by atoms with Gasteiger partial charge in [-0.3, -0.25) is 4.90 Å². The SMILES string of the molecule is CC(C)(I)OC(=O)N1CC2NCCC2(S(=O)(=O)c2ccc(I)cc2)c2ccc(Br)cc21. The third kappa shape index (κ3) is 4.15. The number of fused-ring (bicyclic) bond motifs is 3. The number of benzene rings is 2. The number of hydrogen-bond donors (Lipinski definition) is 1. The maximum absolute atomic E-state index is 14.1. The summed E-state index contributed by atoms with van der Waals surface area (Å²) in [5, 5.41) is 3.35. The minimum absolute atomic E-state index is 0.207. The first-order valence-electron chi connectivity index (χ1n) is 9.69. The summed E-state index contributed by atoms with van der Waals surface area (Å²) in [6.45, 7) is 4.36. The van der Waals surface area contributed by atoms with Crippen LogP contribution in [0, 0.1) is 3.57 Å². The number of nitrogens with one attached hydrogen (secondary N) is 1. The summed E-state index contributed by atoms with van der Waals surface area (Å²) in [7, 11) is -3.75. The van der Waals surface area contributed by atoms with Crippen LogP contribution in [-0.2, 0) is 19.3 Å². The van der Waals surface area contributed by atoms with E-state index in [1.54, 1.807) is 49.1 Å². The van der Waals surface area contributed by atoms with Crippen LogP contribution >= 0.6 is 61.1 Å². The Bertz CT molecular complexity index is 1140. The van der Waals surface area contributed by atoms with Gasteiger partial charge in [0, 0.05) is 20.6 Å². The Balaban J connectivity index is 1.90. The minimum Gasteiger partial charge on any atom is -0.432 e. The van der Waals surface area contributed by atoms with Crippen LogP contribution < -0.4 is 10.2 Å². The predicted octanol–water partition coefficient (Wildman–Crippen LogP) is 5.21. The van der Waals surface area contributed by atoms with Gasteiger partial charge >= 0.3 is 6.09 Å². The van der Waals surface area contributed by atoms with Gasteiger partial charge < -0.3 is 10.1 Å². The van der Waals surface area contributed by atoms with E-state index in [1.807, 2.05) is 12.1 Å². The number of amides is 1. The summed E-state index contributed by atoms with van der Waals surface area (Å²) in [4.78, 5) is 14.9. The van der Waals surface area contributed by atoms with Gasteiger partial charge in [0.1, 0.15) is 4.75 Å². The predicted molar refractivity (Wildman–Crippen MR) is 140 cm³/mol. The molecule has 0 bridgehead atoms. The fraction of sp³-hybridized carbons (Fsp3) is 0.381. The molecule has 1 saturated heterocycles. The van der Waals surface area contributed by atoms with Crippen molar-refractivity contribution < 1.29 is 17.9 Å². The van der Waals surface area contributed by atoms with Crippen molar-refractivity contribution in [2.45, 2.75) is 39.6 Å². The van der Waals surface area contributed by atoms with E-state index >= 15 is 0 Å². The van der Waals surface area contributed by atoms with Crippen molar-refractivity contribution >= 4 is 82.7 Å². The summed E-state index contributed by atoms with van der Waals surface area (Å²) in [6.07, 6.45) is -0.0610. The molecule has 6 nitrogen and oxygen atoms in total. The van der Waals surface area contributed by atoms with E-state index in [4.69, 9.17) is 4.74 Å². The monoisotopic (exact) mass is 730 g/mol. The first-order chi connectivity index (χ1) is 14.5. The van der Waals surface area contributed by atoms with E-state index in [1.165, 1.54) is 0 Å². The zero-order valence-electron chi connectivity index (χ0n) is 16.9. The number of carbonyl (C=O) groups excluding carboxylic acids is 1. The lowest BCUT2D eigenvalue weighted by molar-refractivity contribution is 0.112. The number of sulfone groups is 1. The van der Waals surface area contributed by atoms with Gasteiger partial charge in [-0.2, -0.15) is 0 Å². The summed E-state index contributed by atoms with van der Waals surface area (Å²) in [6, 6.07) is 11.9. The Hall–Kier alpha value is -0.440. The molecule has 2 atom stereocenters. The van der Waals surface area contributed by atoms with Crippen LogP contribution in [0.4, 0.5) is 10.5 Å². The number of carbonyl (C=O) groups is 1. The van der Waals surface area contributed by atoms with E-state index in [0.717, 1.165) is 8.04 Å². The van der Waals surface area contributed by atoms with Crippen LogP contribution in [-0.4, -0.2) is 37.3 Å². The van der Waals surface area contributed by atoms with Crippen molar-refractivity contribution in [3.05, 3.63) is 56.1 Å². The number of nitrogens with zero attached hydrogens (tertiary/aromatic N) is 1. The zero-order chi connectivity index (χ0) is 22.6. The smallest absolute Gasteiger partial charge is 0.415 e. The second-order valence-electron chi connectivity index (χ2n) is 8.11. The van der Waals surface area contributed by atoms with Gasteiger partial charge in [-0.1, -0.05) is 22.0 Å². The van der Waals surface area contributed by atoms with Crippen molar-refractivity contribution in [2.24, 2.45) is 0 Å². The summed E-state index contributed by atoms with van der Waals surface area (Å²) in [5.74, 6) is 0. The number of rotatable bonds is 3. The highest BCUT2D eigenvalue weighted by molar-refractivity contribution is 14.1. The molecule has 2 unspecified atom stereocenters. The largest absolute Gasteiger partial charge is 0.432 e. The number of anilines is 1. The van der Waals surface area contributed by atoms with Crippen LogP contribution in [0.5, 0.6) is 0 Å². The second kappa shape index (κ2) is 8.41. The Labute approximate surface area is 217 Å². The summed E-state index contributed by atoms with van der Waals surface area (Å²) >= 11 is 7.70. The maximum atomic E-state index is 14.1. The first-order valence-corrected chi connectivity index (χ1v) is 14.1. The van der Waals surface area contributed by atoms with Crippen LogP contribution in [0.25, 0.3) is 0 Å². The molecule has 2 heterocycles. The molecule has 1 fully saturated rings. The van der Waals surface area contributed by atoms with Gasteiger partial charge in [0.15, 0.2) is 13.4 Å². The third-order valence-corrected chi connectivity index (χ3v) is 9.67. The quantitative estimate of drug-likeness (QED) is 0.347. The molecule has 2 aromatic rings. The Morgan fingerprint density at radius 1 is 1.26 bits per heavy atom. The molecule has 0 aromatic heterocycles. The Morgan fingerprint density at radius 2 is 1.94 bits per heavy atom. The lowest BCUT2D eigenvalue weighted by Crippen LogP contribution is -2.58. The van der Waals surface area contributed by atoms with Gasteiger partial charge in [-0.25, -0.2) is 13.2 Å². The van der Waals surface area contributed by atoms with E-state index in [0.29, 0.717) is 29.1 Å². The summed E-state index contributed by atoms with van der Waals surface area (Å²) < 4.78 is 33.6. The van der Waals surface area contributed by atoms with E-state index in [2.05, 4.69) is 66.4 Å². The molecular formula is C21H21BrI2N2O4S. The normalized spacial score (nSPS) is 23.3. The van der Waals surface area contributed by atoms with Crippen LogP contribution in [0.15, 0.2) is 51.8 Å². The molecule has 4 rings (SSSR count). The van der Waals surface area contributed by atoms with Crippen molar-refractivity contribution in [1.29, 1.82) is 0 Å². The third-order valence-electron chi connectivity index (χ3n) is 5.68. The molecule has 10 heteroatoms. The fourth-order valence-electron chi connectivity index (χ4n) is 4.40. The highest BCUT2D eigenvalue weighted by Gasteiger charge is 2.59. The number of halogens is 3. The van der Waals surface area contributed by atoms with Crippen molar-refractivity contribution in [2.75, 3.05) is 18.0 Å². The molecular weight excluding hydrogens is 710 g/mol. The number of alkyl halides is 1. The second-order valence-corrected chi connectivity index (χ2v) is 15.1. The molecule has 0 saturated carbocycles. The zero-order valence-corrected chi connectivity index (χ0v) is 23.6. The fourth-order valence-corrected chi connectivity index (χ4v) is 7.58. The highest BCUT2D eigenvalue weighted by atomic mass is 127. The molecule has 0 spiro atoms. The average Bonchev–Trinajstić information content (AvgIpc) is 3.11. The first kappa shape index (κ1) is 23.7. The topological polar surface area (TPSA) is 75.7 Å². The molecule has 166 valence electrons. The van der Waals surface area contributed by atoms with Crippen molar-refractivity contribution in [3.8, 4) is 0 Å². The average molecular weight is 731 g/mol. The molecule has 0 radical (unpaired) electrons. The molecule has 0 aliphatic carbocycles. The van der Waals surface area contributed by atoms with Crippen molar-refractivity contribution in [3.63, 3.8) is 0 Å². The van der Waals surface area contributed by atoms with Gasteiger partial charge in [-0.15, -0.1) is 0 Å². The molecule has 31 heavy (non-hydrogen) atoms. The highest BCUT2D eigenvalue weighted by Crippen LogP contribution is 2.51. The molecule has 1 N–H and O–H groups in total. The van der Waals surface area contributed by atoms with Gasteiger partial charge in [0.05, 0.1) is 10.6 Å². The van der Waals surface area contributed by atoms with Crippen molar-refractivity contribution in [1.82, 2.24) is 5.32 Å². The number of ether oxygens (including phenoxy) is 1. The van der Waals surface area contributed by atoms with Gasteiger partial charge in [0.2, 0.25) is 0 Å². The summed E-state index contributed by atoms with van der Waals surface area (Å²) in [5.41, 5.74) is 1.19. The number of hydrogen-bond acceptors (Lipinski definition) is 5. The lowest BCUT2D eigenvalue weighted by atomic mass is 9.85. The Kier molecular flexibility index (Phi) is 6.43. The van der Waals surface area contributed by atoms with Crippen LogP contribution in [0.1, 0.15) is 25.8 Å². The maximum Gasteiger partial charge on any atom is 0.415 e. The standard InChI is InChI=1S/C21H21BrI2N2O4S/c1-20(2,24)30-19(27)26-12-18-21(9-10-25-18,16-8-3-13(22)11-17(16)26)31(28,29)15-6-4-14(23)5-7-15/h3-8,11,18,25H,9-10,12H2,1-2H3. The van der Waals surface area contributed by atoms with Crippen LogP contribution in [0.2, 0.25) is 0 Å². The molecule has 2 aliphatic heterocycles. The molecule has 2 aromatic carbocycles. The lowest BCUT2D eigenvalue weighted by Gasteiger charge is -2.44. The van der Waals surface area contributed by atoms with Crippen LogP contribution in [0.3, 0.4) is 0 Å².